The average molecular weight is 398 g/mol. The number of hydrogen-bond donors (Lipinski definition) is 4. The largest absolute Gasteiger partial charge is 0.399 e. The Morgan fingerprint density at radius 3 is 2.25 bits per heavy atom. The number of rotatable bonds is 5. The van der Waals surface area contributed by atoms with Crippen molar-refractivity contribution in [3.05, 3.63) is 66.0 Å². The molecule has 1 aromatic heterocycles. The van der Waals surface area contributed by atoms with Crippen LogP contribution in [0.3, 0.4) is 0 Å². The van der Waals surface area contributed by atoms with Gasteiger partial charge >= 0.3 is 0 Å². The van der Waals surface area contributed by atoms with Gasteiger partial charge in [0.25, 0.3) is 15.9 Å². The van der Waals surface area contributed by atoms with Gasteiger partial charge in [0.2, 0.25) is 5.95 Å². The molecule has 0 spiro atoms. The van der Waals surface area contributed by atoms with E-state index < -0.39 is 15.9 Å². The van der Waals surface area contributed by atoms with Gasteiger partial charge < -0.3 is 16.8 Å². The number of carbonyl (C=O) groups is 1. The van der Waals surface area contributed by atoms with Crippen molar-refractivity contribution >= 4 is 38.9 Å². The van der Waals surface area contributed by atoms with Crippen LogP contribution < -0.4 is 21.5 Å². The Bertz CT molecular complexity index is 1110. The summed E-state index contributed by atoms with van der Waals surface area (Å²) < 4.78 is 27.2. The van der Waals surface area contributed by atoms with Gasteiger partial charge in [0.05, 0.1) is 4.90 Å². The minimum atomic E-state index is -3.86. The number of nitrogens with zero attached hydrogens (tertiary/aromatic N) is 2. The third-order valence-corrected chi connectivity index (χ3v) is 5.03. The fourth-order valence-electron chi connectivity index (χ4n) is 2.41. The molecule has 0 bridgehead atoms. The first kappa shape index (κ1) is 19.1. The highest BCUT2D eigenvalue weighted by Crippen LogP contribution is 2.19. The standard InChI is InChI=1S/C18H18N6O3S/c1-11-6-7-21-18(22-11)24-28(26,27)16-4-2-15(3-5-16)23-17(25)12-8-13(19)10-14(20)9-12/h2-10H,19-20H2,1H3,(H,23,25)(H,21,22,24). The number of anilines is 4. The topological polar surface area (TPSA) is 153 Å². The average Bonchev–Trinajstić information content (AvgIpc) is 2.61. The van der Waals surface area contributed by atoms with Crippen LogP contribution in [0.2, 0.25) is 0 Å². The molecule has 1 heterocycles. The van der Waals surface area contributed by atoms with E-state index in [9.17, 15) is 13.2 Å². The first-order chi connectivity index (χ1) is 13.2. The molecule has 0 aliphatic carbocycles. The number of benzene rings is 2. The molecule has 0 aliphatic rings. The molecule has 0 saturated heterocycles. The van der Waals surface area contributed by atoms with E-state index in [1.807, 2.05) is 0 Å². The summed E-state index contributed by atoms with van der Waals surface area (Å²) in [5, 5.41) is 2.66. The highest BCUT2D eigenvalue weighted by Gasteiger charge is 2.16. The first-order valence-corrected chi connectivity index (χ1v) is 9.61. The molecule has 10 heteroatoms. The molecule has 0 saturated carbocycles. The molecule has 0 aliphatic heterocycles. The Kier molecular flexibility index (Phi) is 5.14. The summed E-state index contributed by atoms with van der Waals surface area (Å²) in [6.07, 6.45) is 1.46. The summed E-state index contributed by atoms with van der Waals surface area (Å²) in [5.41, 5.74) is 13.5. The van der Waals surface area contributed by atoms with E-state index >= 15 is 0 Å². The molecule has 1 amide bonds. The van der Waals surface area contributed by atoms with Crippen LogP contribution in [-0.2, 0) is 10.0 Å². The lowest BCUT2D eigenvalue weighted by molar-refractivity contribution is 0.102. The van der Waals surface area contributed by atoms with Gasteiger partial charge in [-0.15, -0.1) is 0 Å². The molecule has 3 aromatic rings. The van der Waals surface area contributed by atoms with E-state index in [1.54, 1.807) is 19.1 Å². The molecule has 6 N–H and O–H groups in total. The third-order valence-electron chi connectivity index (χ3n) is 3.68. The van der Waals surface area contributed by atoms with Crippen molar-refractivity contribution in [3.8, 4) is 0 Å². The lowest BCUT2D eigenvalue weighted by Crippen LogP contribution is -2.16. The normalized spacial score (nSPS) is 11.0. The predicted molar refractivity (Wildman–Crippen MR) is 107 cm³/mol. The zero-order valence-electron chi connectivity index (χ0n) is 14.9. The third kappa shape index (κ3) is 4.54. The molecule has 2 aromatic carbocycles. The number of nitrogens with two attached hydrogens (primary N) is 2. The Hall–Kier alpha value is -3.66. The van der Waals surface area contributed by atoms with Crippen molar-refractivity contribution in [2.75, 3.05) is 21.5 Å². The smallest absolute Gasteiger partial charge is 0.264 e. The first-order valence-electron chi connectivity index (χ1n) is 8.13. The number of carbonyl (C=O) groups excluding carboxylic acids is 1. The monoisotopic (exact) mass is 398 g/mol. The lowest BCUT2D eigenvalue weighted by atomic mass is 10.1. The Morgan fingerprint density at radius 1 is 1.00 bits per heavy atom. The van der Waals surface area contributed by atoms with Crippen LogP contribution in [0, 0.1) is 6.92 Å². The van der Waals surface area contributed by atoms with E-state index in [0.717, 1.165) is 0 Å². The molecule has 0 atom stereocenters. The maximum absolute atomic E-state index is 12.4. The fourth-order valence-corrected chi connectivity index (χ4v) is 3.36. The van der Waals surface area contributed by atoms with Crippen LogP contribution in [0.5, 0.6) is 0 Å². The summed E-state index contributed by atoms with van der Waals surface area (Å²) in [4.78, 5) is 20.2. The molecule has 9 nitrogen and oxygen atoms in total. The van der Waals surface area contributed by atoms with Crippen molar-refractivity contribution < 1.29 is 13.2 Å². The fraction of sp³-hybridized carbons (Fsp3) is 0.0556. The number of aryl methyl sites for hydroxylation is 1. The van der Waals surface area contributed by atoms with E-state index in [4.69, 9.17) is 11.5 Å². The van der Waals surface area contributed by atoms with Crippen LogP contribution in [0.1, 0.15) is 16.1 Å². The van der Waals surface area contributed by atoms with Crippen molar-refractivity contribution in [2.45, 2.75) is 11.8 Å². The highest BCUT2D eigenvalue weighted by molar-refractivity contribution is 7.92. The molecule has 3 rings (SSSR count). The lowest BCUT2D eigenvalue weighted by Gasteiger charge is -2.09. The van der Waals surface area contributed by atoms with E-state index in [1.165, 1.54) is 42.6 Å². The number of hydrogen-bond acceptors (Lipinski definition) is 7. The van der Waals surface area contributed by atoms with Crippen LogP contribution in [0.15, 0.2) is 59.6 Å². The molecular weight excluding hydrogens is 380 g/mol. The van der Waals surface area contributed by atoms with Gasteiger partial charge in [0, 0.05) is 34.5 Å². The Balaban J connectivity index is 1.74. The maximum atomic E-state index is 12.4. The molecule has 0 fully saturated rings. The second-order valence-corrected chi connectivity index (χ2v) is 7.68. The second kappa shape index (κ2) is 7.53. The van der Waals surface area contributed by atoms with Gasteiger partial charge in [-0.25, -0.2) is 23.1 Å². The van der Waals surface area contributed by atoms with Crippen LogP contribution in [0.25, 0.3) is 0 Å². The Labute approximate surface area is 161 Å². The second-order valence-electron chi connectivity index (χ2n) is 5.99. The number of aromatic nitrogens is 2. The van der Waals surface area contributed by atoms with Gasteiger partial charge in [0.15, 0.2) is 0 Å². The van der Waals surface area contributed by atoms with E-state index in [0.29, 0.717) is 28.3 Å². The minimum Gasteiger partial charge on any atom is -0.399 e. The molecule has 144 valence electrons. The van der Waals surface area contributed by atoms with Crippen molar-refractivity contribution in [3.63, 3.8) is 0 Å². The SMILES string of the molecule is Cc1ccnc(NS(=O)(=O)c2ccc(NC(=O)c3cc(N)cc(N)c3)cc2)n1. The van der Waals surface area contributed by atoms with Crippen LogP contribution in [0.4, 0.5) is 23.0 Å². The van der Waals surface area contributed by atoms with Crippen LogP contribution >= 0.6 is 0 Å². The number of sulfonamides is 1. The number of nitrogen functional groups attached to an aromatic ring is 2. The predicted octanol–water partition coefficient (Wildman–Crippen LogP) is 2.00. The Morgan fingerprint density at radius 2 is 1.64 bits per heavy atom. The summed E-state index contributed by atoms with van der Waals surface area (Å²) in [5.74, 6) is -0.433. The van der Waals surface area contributed by atoms with Crippen molar-refractivity contribution in [1.29, 1.82) is 0 Å². The molecule has 0 radical (unpaired) electrons. The molecular formula is C18H18N6O3S. The zero-order valence-corrected chi connectivity index (χ0v) is 15.7. The van der Waals surface area contributed by atoms with Crippen LogP contribution in [-0.4, -0.2) is 24.3 Å². The zero-order chi connectivity index (χ0) is 20.3. The van der Waals surface area contributed by atoms with Crippen molar-refractivity contribution in [2.24, 2.45) is 0 Å². The molecule has 28 heavy (non-hydrogen) atoms. The molecule has 0 unspecified atom stereocenters. The minimum absolute atomic E-state index is 0.00352. The summed E-state index contributed by atoms with van der Waals surface area (Å²) in [7, 11) is -3.86. The number of amides is 1. The van der Waals surface area contributed by atoms with E-state index in [-0.39, 0.29) is 10.8 Å². The highest BCUT2D eigenvalue weighted by atomic mass is 32.2. The summed E-state index contributed by atoms with van der Waals surface area (Å²) in [6.45, 7) is 1.73. The number of nitrogens with one attached hydrogen (secondary N) is 2. The van der Waals surface area contributed by atoms with E-state index in [2.05, 4.69) is 20.0 Å². The van der Waals surface area contributed by atoms with Gasteiger partial charge in [-0.3, -0.25) is 4.79 Å². The maximum Gasteiger partial charge on any atom is 0.264 e. The summed E-state index contributed by atoms with van der Waals surface area (Å²) in [6, 6.07) is 11.9. The van der Waals surface area contributed by atoms with Gasteiger partial charge in [0.1, 0.15) is 0 Å². The quantitative estimate of drug-likeness (QED) is 0.479. The van der Waals surface area contributed by atoms with Gasteiger partial charge in [-0.05, 0) is 55.5 Å². The summed E-state index contributed by atoms with van der Waals surface area (Å²) >= 11 is 0. The van der Waals surface area contributed by atoms with Gasteiger partial charge in [-0.1, -0.05) is 0 Å². The van der Waals surface area contributed by atoms with Gasteiger partial charge in [-0.2, -0.15) is 0 Å². The van der Waals surface area contributed by atoms with Crippen molar-refractivity contribution in [1.82, 2.24) is 9.97 Å².